The van der Waals surface area contributed by atoms with Gasteiger partial charge in [0.2, 0.25) is 0 Å². The Bertz CT molecular complexity index is 1050. The molecule has 0 nitrogen and oxygen atoms in total. The van der Waals surface area contributed by atoms with E-state index in [4.69, 9.17) is 0 Å². The third-order valence-corrected chi connectivity index (χ3v) is 4.52. The van der Waals surface area contributed by atoms with Crippen LogP contribution in [0, 0.1) is 29.5 Å². The molecular weight excluding hydrogens is 343 g/mol. The minimum atomic E-state index is -0.345. The van der Waals surface area contributed by atoms with Crippen molar-refractivity contribution in [2.75, 3.05) is 0 Å². The van der Waals surface area contributed by atoms with Crippen LogP contribution in [0.2, 0.25) is 0 Å². The van der Waals surface area contributed by atoms with Gasteiger partial charge >= 0.3 is 0 Å². The highest BCUT2D eigenvalue weighted by atomic mass is 19.1. The zero-order chi connectivity index (χ0) is 19.8. The van der Waals surface area contributed by atoms with Gasteiger partial charge in [0.25, 0.3) is 0 Å². The molecule has 0 saturated heterocycles. The van der Waals surface area contributed by atoms with Crippen LogP contribution in [-0.2, 0) is 12.8 Å². The van der Waals surface area contributed by atoms with Gasteiger partial charge in [-0.1, -0.05) is 68.2 Å². The monoisotopic (exact) mass is 366 g/mol. The second kappa shape index (κ2) is 9.59. The highest BCUT2D eigenvalue weighted by molar-refractivity contribution is 5.49. The molecule has 0 unspecified atom stereocenters. The number of hydrogen-bond donors (Lipinski definition) is 0. The molecule has 0 N–H and O–H groups in total. The molecule has 0 aliphatic carbocycles. The summed E-state index contributed by atoms with van der Waals surface area (Å²) in [6.45, 7) is 4.28. The van der Waals surface area contributed by atoms with Gasteiger partial charge in [-0.15, -0.1) is 0 Å². The van der Waals surface area contributed by atoms with Crippen molar-refractivity contribution in [2.24, 2.45) is 0 Å². The summed E-state index contributed by atoms with van der Waals surface area (Å²) in [5.74, 6) is 11.7. The smallest absolute Gasteiger partial charge is 0.140 e. The predicted octanol–water partition coefficient (Wildman–Crippen LogP) is 6.14. The molecule has 0 heterocycles. The minimum Gasteiger partial charge on any atom is -0.206 e. The van der Waals surface area contributed by atoms with Gasteiger partial charge in [0.05, 0.1) is 5.56 Å². The van der Waals surface area contributed by atoms with Crippen molar-refractivity contribution in [3.8, 4) is 23.7 Å². The molecule has 0 atom stereocenters. The van der Waals surface area contributed by atoms with Crippen LogP contribution in [-0.4, -0.2) is 0 Å². The van der Waals surface area contributed by atoms with Crippen molar-refractivity contribution < 1.29 is 4.39 Å². The molecule has 0 aliphatic heterocycles. The van der Waals surface area contributed by atoms with E-state index in [-0.39, 0.29) is 5.82 Å². The van der Waals surface area contributed by atoms with Gasteiger partial charge in [0, 0.05) is 16.7 Å². The molecule has 0 radical (unpaired) electrons. The van der Waals surface area contributed by atoms with E-state index in [0.29, 0.717) is 11.1 Å². The first-order valence-electron chi connectivity index (χ1n) is 9.69. The molecular formula is C27H23F. The van der Waals surface area contributed by atoms with Gasteiger partial charge < -0.3 is 0 Å². The lowest BCUT2D eigenvalue weighted by Crippen LogP contribution is -1.87. The van der Waals surface area contributed by atoms with Crippen LogP contribution in [0.25, 0.3) is 0 Å². The Labute approximate surface area is 167 Å². The van der Waals surface area contributed by atoms with Gasteiger partial charge in [-0.2, -0.15) is 0 Å². The van der Waals surface area contributed by atoms with E-state index >= 15 is 0 Å². The van der Waals surface area contributed by atoms with Gasteiger partial charge in [0.15, 0.2) is 0 Å². The Kier molecular flexibility index (Phi) is 6.67. The van der Waals surface area contributed by atoms with Crippen LogP contribution in [0.3, 0.4) is 0 Å². The Hall–Kier alpha value is -3.29. The van der Waals surface area contributed by atoms with Crippen molar-refractivity contribution in [3.05, 3.63) is 106 Å². The number of rotatable bonds is 3. The lowest BCUT2D eigenvalue weighted by atomic mass is 10.1. The number of hydrogen-bond acceptors (Lipinski definition) is 0. The largest absolute Gasteiger partial charge is 0.206 e. The van der Waals surface area contributed by atoms with Crippen LogP contribution >= 0.6 is 0 Å². The summed E-state index contributed by atoms with van der Waals surface area (Å²) < 4.78 is 14.4. The molecule has 0 aliphatic rings. The van der Waals surface area contributed by atoms with Gasteiger partial charge in [-0.3, -0.25) is 0 Å². The normalized spacial score (nSPS) is 9.82. The number of benzene rings is 3. The van der Waals surface area contributed by atoms with Crippen LogP contribution in [0.5, 0.6) is 0 Å². The SMILES string of the molecule is CCCc1ccc(C#Cc2ccc(C#Cc3ccc(CC)cc3)c(F)c2)cc1. The molecule has 3 rings (SSSR count). The van der Waals surface area contributed by atoms with Crippen LogP contribution in [0.4, 0.5) is 4.39 Å². The standard InChI is InChI=1S/C27H23F/c1-3-5-22-10-12-23(13-11-22)14-15-25-17-19-26(27(28)20-25)18-16-24-8-6-21(4-2)7-9-24/h6-13,17,19-20H,3-5H2,1-2H3. The molecule has 0 fully saturated rings. The van der Waals surface area contributed by atoms with Gasteiger partial charge in [0.1, 0.15) is 5.82 Å². The molecule has 3 aromatic carbocycles. The van der Waals surface area contributed by atoms with Crippen LogP contribution in [0.15, 0.2) is 66.7 Å². The summed E-state index contributed by atoms with van der Waals surface area (Å²) in [6, 6.07) is 21.2. The number of aryl methyl sites for hydroxylation is 2. The Balaban J connectivity index is 1.73. The zero-order valence-corrected chi connectivity index (χ0v) is 16.4. The first-order valence-corrected chi connectivity index (χ1v) is 9.69. The highest BCUT2D eigenvalue weighted by Gasteiger charge is 2.00. The third-order valence-electron chi connectivity index (χ3n) is 4.52. The molecule has 3 aromatic rings. The Morgan fingerprint density at radius 3 is 1.75 bits per heavy atom. The van der Waals surface area contributed by atoms with E-state index in [1.54, 1.807) is 6.07 Å². The molecule has 0 bridgehead atoms. The van der Waals surface area contributed by atoms with Crippen LogP contribution < -0.4 is 0 Å². The maximum atomic E-state index is 14.4. The molecule has 1 heteroatoms. The van der Waals surface area contributed by atoms with Crippen molar-refractivity contribution in [1.82, 2.24) is 0 Å². The lowest BCUT2D eigenvalue weighted by Gasteiger charge is -1.98. The fourth-order valence-electron chi connectivity index (χ4n) is 2.85. The minimum absolute atomic E-state index is 0.345. The fraction of sp³-hybridized carbons (Fsp3) is 0.185. The first kappa shape index (κ1) is 19.5. The summed E-state index contributed by atoms with van der Waals surface area (Å²) in [5, 5.41) is 0. The highest BCUT2D eigenvalue weighted by Crippen LogP contribution is 2.11. The zero-order valence-electron chi connectivity index (χ0n) is 16.4. The molecule has 138 valence electrons. The van der Waals surface area contributed by atoms with E-state index in [1.165, 1.54) is 17.2 Å². The fourth-order valence-corrected chi connectivity index (χ4v) is 2.85. The second-order valence-corrected chi connectivity index (χ2v) is 6.69. The first-order chi connectivity index (χ1) is 13.7. The van der Waals surface area contributed by atoms with Gasteiger partial charge in [-0.05, 0) is 66.4 Å². The maximum absolute atomic E-state index is 14.4. The Morgan fingerprint density at radius 1 is 0.643 bits per heavy atom. The maximum Gasteiger partial charge on any atom is 0.140 e. The second-order valence-electron chi connectivity index (χ2n) is 6.69. The molecule has 0 amide bonds. The van der Waals surface area contributed by atoms with Crippen molar-refractivity contribution >= 4 is 0 Å². The predicted molar refractivity (Wildman–Crippen MR) is 115 cm³/mol. The Morgan fingerprint density at radius 2 is 1.18 bits per heavy atom. The van der Waals surface area contributed by atoms with E-state index in [2.05, 4.69) is 49.7 Å². The third kappa shape index (κ3) is 5.35. The van der Waals surface area contributed by atoms with E-state index in [1.807, 2.05) is 42.5 Å². The number of halogens is 1. The summed E-state index contributed by atoms with van der Waals surface area (Å²) in [5.41, 5.74) is 5.42. The van der Waals surface area contributed by atoms with E-state index in [9.17, 15) is 4.39 Å². The molecule has 28 heavy (non-hydrogen) atoms. The van der Waals surface area contributed by atoms with Crippen LogP contribution in [0.1, 0.15) is 53.6 Å². The molecule has 0 aromatic heterocycles. The average Bonchev–Trinajstić information content (AvgIpc) is 2.73. The van der Waals surface area contributed by atoms with Crippen molar-refractivity contribution in [1.29, 1.82) is 0 Å². The quantitative estimate of drug-likeness (QED) is 0.488. The van der Waals surface area contributed by atoms with Crippen molar-refractivity contribution in [2.45, 2.75) is 33.1 Å². The average molecular weight is 366 g/mol. The summed E-state index contributed by atoms with van der Waals surface area (Å²) in [7, 11) is 0. The van der Waals surface area contributed by atoms with E-state index < -0.39 is 0 Å². The molecule has 0 spiro atoms. The topological polar surface area (TPSA) is 0 Å². The molecule has 0 saturated carbocycles. The van der Waals surface area contributed by atoms with E-state index in [0.717, 1.165) is 30.4 Å². The lowest BCUT2D eigenvalue weighted by molar-refractivity contribution is 0.624. The summed E-state index contributed by atoms with van der Waals surface area (Å²) in [6.07, 6.45) is 3.20. The van der Waals surface area contributed by atoms with Gasteiger partial charge in [-0.25, -0.2) is 4.39 Å². The summed E-state index contributed by atoms with van der Waals surface area (Å²) in [4.78, 5) is 0. The summed E-state index contributed by atoms with van der Waals surface area (Å²) >= 11 is 0. The van der Waals surface area contributed by atoms with Crippen molar-refractivity contribution in [3.63, 3.8) is 0 Å².